The van der Waals surface area contributed by atoms with Crippen LogP contribution in [0.5, 0.6) is 0 Å². The Bertz CT molecular complexity index is 290. The fraction of sp³-hybridized carbons (Fsp3) is 0.636. The largest absolute Gasteiger partial charge is 0.480 e. The molecule has 16 heavy (non-hydrogen) atoms. The lowest BCUT2D eigenvalue weighted by molar-refractivity contribution is -0.149. The standard InChI is InChI=1S/C11H17NO4/c1-3-5-12(7-9(13)14)11(15)10-8(2)4-6-16-10/h3,8,10H,1,4-7H2,2H3,(H,13,14). The maximum Gasteiger partial charge on any atom is 0.323 e. The Morgan fingerprint density at radius 3 is 2.75 bits per heavy atom. The summed E-state index contributed by atoms with van der Waals surface area (Å²) in [5, 5.41) is 8.70. The van der Waals surface area contributed by atoms with Gasteiger partial charge in [0.1, 0.15) is 12.6 Å². The maximum absolute atomic E-state index is 12.0. The zero-order chi connectivity index (χ0) is 12.1. The van der Waals surface area contributed by atoms with Gasteiger partial charge in [-0.15, -0.1) is 6.58 Å². The maximum atomic E-state index is 12.0. The Morgan fingerprint density at radius 2 is 2.31 bits per heavy atom. The predicted octanol–water partition coefficient (Wildman–Crippen LogP) is 0.511. The highest BCUT2D eigenvalue weighted by molar-refractivity contribution is 5.85. The van der Waals surface area contributed by atoms with Crippen LogP contribution in [-0.4, -0.2) is 47.7 Å². The SMILES string of the molecule is C=CCN(CC(=O)O)C(=O)C1OCCC1C. The molecule has 1 aliphatic rings. The summed E-state index contributed by atoms with van der Waals surface area (Å²) in [5.74, 6) is -1.14. The molecule has 2 unspecified atom stereocenters. The monoisotopic (exact) mass is 227 g/mol. The lowest BCUT2D eigenvalue weighted by atomic mass is 10.0. The van der Waals surface area contributed by atoms with Crippen LogP contribution in [0.3, 0.4) is 0 Å². The van der Waals surface area contributed by atoms with Crippen LogP contribution < -0.4 is 0 Å². The van der Waals surface area contributed by atoms with E-state index in [1.165, 1.54) is 11.0 Å². The third-order valence-corrected chi connectivity index (χ3v) is 2.62. The molecule has 5 nitrogen and oxygen atoms in total. The lowest BCUT2D eigenvalue weighted by Crippen LogP contribution is -2.43. The number of hydrogen-bond donors (Lipinski definition) is 1. The van der Waals surface area contributed by atoms with Crippen molar-refractivity contribution in [2.24, 2.45) is 5.92 Å². The third-order valence-electron chi connectivity index (χ3n) is 2.62. The van der Waals surface area contributed by atoms with E-state index >= 15 is 0 Å². The number of carboxylic acids is 1. The number of rotatable bonds is 5. The molecule has 1 heterocycles. The topological polar surface area (TPSA) is 66.8 Å². The molecule has 90 valence electrons. The Morgan fingerprint density at radius 1 is 1.62 bits per heavy atom. The number of carbonyl (C=O) groups is 2. The zero-order valence-electron chi connectivity index (χ0n) is 9.39. The highest BCUT2D eigenvalue weighted by Gasteiger charge is 2.34. The summed E-state index contributed by atoms with van der Waals surface area (Å²) in [4.78, 5) is 23.8. The van der Waals surface area contributed by atoms with E-state index in [2.05, 4.69) is 6.58 Å². The molecular formula is C11H17NO4. The smallest absolute Gasteiger partial charge is 0.323 e. The number of ether oxygens (including phenoxy) is 1. The molecule has 1 saturated heterocycles. The fourth-order valence-corrected chi connectivity index (χ4v) is 1.74. The van der Waals surface area contributed by atoms with Gasteiger partial charge in [-0.1, -0.05) is 13.0 Å². The lowest BCUT2D eigenvalue weighted by Gasteiger charge is -2.24. The molecule has 1 aliphatic heterocycles. The number of carboxylic acid groups (broad SMARTS) is 1. The molecular weight excluding hydrogens is 210 g/mol. The van der Waals surface area contributed by atoms with Gasteiger partial charge in [0.25, 0.3) is 5.91 Å². The third kappa shape index (κ3) is 3.06. The van der Waals surface area contributed by atoms with Crippen molar-refractivity contribution in [2.45, 2.75) is 19.4 Å². The fourth-order valence-electron chi connectivity index (χ4n) is 1.74. The molecule has 0 aromatic carbocycles. The van der Waals surface area contributed by atoms with Crippen molar-refractivity contribution in [3.8, 4) is 0 Å². The van der Waals surface area contributed by atoms with Crippen LogP contribution in [0.1, 0.15) is 13.3 Å². The molecule has 0 aromatic rings. The minimum Gasteiger partial charge on any atom is -0.480 e. The molecule has 1 N–H and O–H groups in total. The summed E-state index contributed by atoms with van der Waals surface area (Å²) < 4.78 is 5.32. The highest BCUT2D eigenvalue weighted by Crippen LogP contribution is 2.21. The summed E-state index contributed by atoms with van der Waals surface area (Å²) in [5.41, 5.74) is 0. The van der Waals surface area contributed by atoms with E-state index in [0.29, 0.717) is 6.61 Å². The van der Waals surface area contributed by atoms with E-state index in [9.17, 15) is 9.59 Å². The van der Waals surface area contributed by atoms with Crippen LogP contribution >= 0.6 is 0 Å². The van der Waals surface area contributed by atoms with E-state index in [1.807, 2.05) is 6.92 Å². The molecule has 0 spiro atoms. The molecule has 0 aliphatic carbocycles. The van der Waals surface area contributed by atoms with Gasteiger partial charge >= 0.3 is 5.97 Å². The summed E-state index contributed by atoms with van der Waals surface area (Å²) in [7, 11) is 0. The van der Waals surface area contributed by atoms with Crippen molar-refractivity contribution in [1.82, 2.24) is 4.90 Å². The molecule has 0 aromatic heterocycles. The van der Waals surface area contributed by atoms with E-state index in [1.54, 1.807) is 0 Å². The van der Waals surface area contributed by atoms with Gasteiger partial charge in [-0.25, -0.2) is 0 Å². The second-order valence-corrected chi connectivity index (χ2v) is 3.96. The molecule has 0 radical (unpaired) electrons. The first-order chi connectivity index (χ1) is 7.56. The van der Waals surface area contributed by atoms with E-state index in [-0.39, 0.29) is 24.9 Å². The second kappa shape index (κ2) is 5.65. The Kier molecular flexibility index (Phi) is 4.49. The quantitative estimate of drug-likeness (QED) is 0.695. The number of carbonyl (C=O) groups excluding carboxylic acids is 1. The average Bonchev–Trinajstić information content (AvgIpc) is 2.62. The van der Waals surface area contributed by atoms with Crippen molar-refractivity contribution in [3.05, 3.63) is 12.7 Å². The van der Waals surface area contributed by atoms with Crippen LogP contribution in [0.4, 0.5) is 0 Å². The molecule has 2 atom stereocenters. The van der Waals surface area contributed by atoms with Crippen molar-refractivity contribution < 1.29 is 19.4 Å². The predicted molar refractivity (Wildman–Crippen MR) is 57.9 cm³/mol. The average molecular weight is 227 g/mol. The highest BCUT2D eigenvalue weighted by atomic mass is 16.5. The van der Waals surface area contributed by atoms with Crippen LogP contribution in [0, 0.1) is 5.92 Å². The number of amides is 1. The number of nitrogens with zero attached hydrogens (tertiary/aromatic N) is 1. The molecule has 0 saturated carbocycles. The minimum absolute atomic E-state index is 0.147. The Hall–Kier alpha value is -1.36. The number of aliphatic carboxylic acids is 1. The van der Waals surface area contributed by atoms with E-state index in [0.717, 1.165) is 6.42 Å². The van der Waals surface area contributed by atoms with Gasteiger partial charge in [0.15, 0.2) is 0 Å². The first-order valence-corrected chi connectivity index (χ1v) is 5.29. The second-order valence-electron chi connectivity index (χ2n) is 3.96. The molecule has 5 heteroatoms. The Balaban J connectivity index is 2.65. The van der Waals surface area contributed by atoms with Crippen LogP contribution in [0.25, 0.3) is 0 Å². The van der Waals surface area contributed by atoms with E-state index < -0.39 is 12.1 Å². The summed E-state index contributed by atoms with van der Waals surface area (Å²) in [6, 6.07) is 0. The van der Waals surface area contributed by atoms with Crippen molar-refractivity contribution in [2.75, 3.05) is 19.7 Å². The van der Waals surface area contributed by atoms with Crippen molar-refractivity contribution in [1.29, 1.82) is 0 Å². The first-order valence-electron chi connectivity index (χ1n) is 5.29. The molecule has 0 bridgehead atoms. The van der Waals surface area contributed by atoms with Crippen molar-refractivity contribution in [3.63, 3.8) is 0 Å². The zero-order valence-corrected chi connectivity index (χ0v) is 9.39. The summed E-state index contributed by atoms with van der Waals surface area (Å²) >= 11 is 0. The minimum atomic E-state index is -1.03. The van der Waals surface area contributed by atoms with Gasteiger partial charge in [0, 0.05) is 13.2 Å². The molecule has 1 rings (SSSR count). The molecule has 1 amide bonds. The number of hydrogen-bond acceptors (Lipinski definition) is 3. The first kappa shape index (κ1) is 12.7. The Labute approximate surface area is 94.7 Å². The van der Waals surface area contributed by atoms with Gasteiger partial charge in [-0.2, -0.15) is 0 Å². The van der Waals surface area contributed by atoms with Gasteiger partial charge in [0.05, 0.1) is 0 Å². The van der Waals surface area contributed by atoms with Crippen LogP contribution in [-0.2, 0) is 14.3 Å². The van der Waals surface area contributed by atoms with Gasteiger partial charge in [0.2, 0.25) is 0 Å². The van der Waals surface area contributed by atoms with Crippen LogP contribution in [0.15, 0.2) is 12.7 Å². The van der Waals surface area contributed by atoms with E-state index in [4.69, 9.17) is 9.84 Å². The molecule has 1 fully saturated rings. The summed E-state index contributed by atoms with van der Waals surface area (Å²) in [6.07, 6.45) is 1.85. The van der Waals surface area contributed by atoms with Crippen LogP contribution in [0.2, 0.25) is 0 Å². The van der Waals surface area contributed by atoms with Gasteiger partial charge in [-0.3, -0.25) is 9.59 Å². The normalized spacial score (nSPS) is 24.1. The van der Waals surface area contributed by atoms with Gasteiger partial charge < -0.3 is 14.7 Å². The van der Waals surface area contributed by atoms with Gasteiger partial charge in [-0.05, 0) is 12.3 Å². The van der Waals surface area contributed by atoms with Crippen molar-refractivity contribution >= 4 is 11.9 Å². The summed E-state index contributed by atoms with van der Waals surface area (Å²) in [6.45, 7) is 5.93.